The van der Waals surface area contributed by atoms with Crippen LogP contribution in [0.3, 0.4) is 0 Å². The van der Waals surface area contributed by atoms with Crippen LogP contribution in [0.25, 0.3) is 0 Å². The van der Waals surface area contributed by atoms with Crippen LogP contribution >= 0.6 is 0 Å². The lowest BCUT2D eigenvalue weighted by Crippen LogP contribution is -2.04. The lowest BCUT2D eigenvalue weighted by molar-refractivity contribution is -0.137. The average Bonchev–Trinajstić information content (AvgIpc) is 2.47. The fourth-order valence-electron chi connectivity index (χ4n) is 1.82. The minimum atomic E-state index is -4.46. The van der Waals surface area contributed by atoms with E-state index in [2.05, 4.69) is 4.99 Å². The van der Waals surface area contributed by atoms with Crippen LogP contribution in [0.5, 0.6) is 0 Å². The molecule has 0 atom stereocenters. The highest BCUT2D eigenvalue weighted by Gasteiger charge is 2.31. The summed E-state index contributed by atoms with van der Waals surface area (Å²) in [7, 11) is 0. The van der Waals surface area contributed by atoms with Crippen molar-refractivity contribution in [2.24, 2.45) is 4.99 Å². The standard InChI is InChI=1S/C16H11F3N2/c1-11(12-5-3-2-4-6-12)21-15-9-14(16(17,18)19)8-7-13(15)10-20/h2-9H,1H3. The number of nitriles is 1. The molecule has 21 heavy (non-hydrogen) atoms. The second-order valence-corrected chi connectivity index (χ2v) is 4.40. The van der Waals surface area contributed by atoms with Crippen LogP contribution < -0.4 is 0 Å². The summed E-state index contributed by atoms with van der Waals surface area (Å²) in [6.45, 7) is 1.69. The Balaban J connectivity index is 2.50. The molecule has 106 valence electrons. The SMILES string of the molecule is CC(=Nc1cc(C(F)(F)F)ccc1C#N)c1ccccc1. The lowest BCUT2D eigenvalue weighted by Gasteiger charge is -2.09. The molecule has 2 aromatic carbocycles. The zero-order chi connectivity index (χ0) is 15.5. The number of alkyl halides is 3. The Morgan fingerprint density at radius 2 is 1.76 bits per heavy atom. The fraction of sp³-hybridized carbons (Fsp3) is 0.125. The molecule has 0 aromatic heterocycles. The molecule has 0 radical (unpaired) electrons. The van der Waals surface area contributed by atoms with Gasteiger partial charge in [0.25, 0.3) is 0 Å². The molecule has 5 heteroatoms. The van der Waals surface area contributed by atoms with E-state index in [1.54, 1.807) is 19.1 Å². The molecule has 2 aromatic rings. The number of aliphatic imine (C=N–C) groups is 1. The Hall–Kier alpha value is -2.61. The first-order chi connectivity index (χ1) is 9.91. The van der Waals surface area contributed by atoms with Gasteiger partial charge in [-0.25, -0.2) is 0 Å². The molecule has 0 fully saturated rings. The highest BCUT2D eigenvalue weighted by Crippen LogP contribution is 2.33. The molecule has 0 heterocycles. The van der Waals surface area contributed by atoms with Gasteiger partial charge in [0.2, 0.25) is 0 Å². The van der Waals surface area contributed by atoms with E-state index in [1.807, 2.05) is 24.3 Å². The van der Waals surface area contributed by atoms with Crippen molar-refractivity contribution in [2.75, 3.05) is 0 Å². The first kappa shape index (κ1) is 14.8. The van der Waals surface area contributed by atoms with E-state index < -0.39 is 11.7 Å². The van der Waals surface area contributed by atoms with Crippen molar-refractivity contribution in [3.8, 4) is 6.07 Å². The van der Waals surface area contributed by atoms with Gasteiger partial charge in [-0.1, -0.05) is 30.3 Å². The van der Waals surface area contributed by atoms with E-state index in [0.29, 0.717) is 5.71 Å². The molecule has 0 aliphatic rings. The minimum absolute atomic E-state index is 0.0219. The Labute approximate surface area is 120 Å². The topological polar surface area (TPSA) is 36.1 Å². The molecule has 0 aliphatic carbocycles. The predicted molar refractivity (Wildman–Crippen MR) is 74.5 cm³/mol. The van der Waals surface area contributed by atoms with Crippen molar-refractivity contribution in [1.29, 1.82) is 5.26 Å². The summed E-state index contributed by atoms with van der Waals surface area (Å²) in [6, 6.07) is 13.8. The smallest absolute Gasteiger partial charge is 0.252 e. The molecule has 0 aliphatic heterocycles. The first-order valence-electron chi connectivity index (χ1n) is 6.14. The monoisotopic (exact) mass is 288 g/mol. The maximum Gasteiger partial charge on any atom is 0.416 e. The fourth-order valence-corrected chi connectivity index (χ4v) is 1.82. The second-order valence-electron chi connectivity index (χ2n) is 4.40. The summed E-state index contributed by atoms with van der Waals surface area (Å²) in [5.41, 5.74) is 0.651. The van der Waals surface area contributed by atoms with E-state index in [4.69, 9.17) is 5.26 Å². The number of hydrogen-bond acceptors (Lipinski definition) is 2. The molecule has 0 unspecified atom stereocenters. The van der Waals surface area contributed by atoms with Crippen molar-refractivity contribution >= 4 is 11.4 Å². The predicted octanol–water partition coefficient (Wildman–Crippen LogP) is 4.72. The molecule has 2 nitrogen and oxygen atoms in total. The number of halogens is 3. The number of hydrogen-bond donors (Lipinski definition) is 0. The molecule has 0 saturated carbocycles. The van der Waals surface area contributed by atoms with Gasteiger partial charge < -0.3 is 0 Å². The zero-order valence-corrected chi connectivity index (χ0v) is 11.1. The molecule has 0 amide bonds. The normalized spacial score (nSPS) is 12.0. The summed E-state index contributed by atoms with van der Waals surface area (Å²) in [5, 5.41) is 9.00. The highest BCUT2D eigenvalue weighted by atomic mass is 19.4. The summed E-state index contributed by atoms with van der Waals surface area (Å²) in [4.78, 5) is 4.17. The summed E-state index contributed by atoms with van der Waals surface area (Å²) in [6.07, 6.45) is -4.46. The third kappa shape index (κ3) is 3.48. The number of rotatable bonds is 2. The first-order valence-corrected chi connectivity index (χ1v) is 6.14. The quantitative estimate of drug-likeness (QED) is 0.737. The van der Waals surface area contributed by atoms with Crippen LogP contribution in [-0.2, 0) is 6.18 Å². The van der Waals surface area contributed by atoms with Crippen molar-refractivity contribution in [2.45, 2.75) is 13.1 Å². The van der Waals surface area contributed by atoms with Crippen molar-refractivity contribution < 1.29 is 13.2 Å². The summed E-state index contributed by atoms with van der Waals surface area (Å²) in [5.74, 6) is 0. The van der Waals surface area contributed by atoms with Crippen LogP contribution in [0.4, 0.5) is 18.9 Å². The Morgan fingerprint density at radius 1 is 1.10 bits per heavy atom. The van der Waals surface area contributed by atoms with E-state index in [0.717, 1.165) is 23.8 Å². The van der Waals surface area contributed by atoms with Gasteiger partial charge in [0.1, 0.15) is 6.07 Å². The van der Waals surface area contributed by atoms with Gasteiger partial charge in [-0.05, 0) is 30.7 Å². The largest absolute Gasteiger partial charge is 0.416 e. The summed E-state index contributed by atoms with van der Waals surface area (Å²) >= 11 is 0. The third-order valence-corrected chi connectivity index (χ3v) is 2.93. The Bertz CT molecular complexity index is 711. The van der Waals surface area contributed by atoms with Gasteiger partial charge >= 0.3 is 6.18 Å². The van der Waals surface area contributed by atoms with Crippen LogP contribution in [0, 0.1) is 11.3 Å². The van der Waals surface area contributed by atoms with Gasteiger partial charge in [-0.2, -0.15) is 18.4 Å². The Morgan fingerprint density at radius 3 is 2.33 bits per heavy atom. The van der Waals surface area contributed by atoms with Gasteiger partial charge in [0.15, 0.2) is 0 Å². The van der Waals surface area contributed by atoms with Gasteiger partial charge in [-0.15, -0.1) is 0 Å². The lowest BCUT2D eigenvalue weighted by atomic mass is 10.1. The van der Waals surface area contributed by atoms with Crippen molar-refractivity contribution in [1.82, 2.24) is 0 Å². The van der Waals surface area contributed by atoms with Crippen molar-refractivity contribution in [3.05, 3.63) is 65.2 Å². The molecular weight excluding hydrogens is 277 g/mol. The van der Waals surface area contributed by atoms with Crippen LogP contribution in [-0.4, -0.2) is 5.71 Å². The molecule has 0 spiro atoms. The van der Waals surface area contributed by atoms with E-state index >= 15 is 0 Å². The molecule has 0 N–H and O–H groups in total. The van der Waals surface area contributed by atoms with E-state index in [-0.39, 0.29) is 11.3 Å². The van der Waals surface area contributed by atoms with Crippen molar-refractivity contribution in [3.63, 3.8) is 0 Å². The molecular formula is C16H11F3N2. The maximum atomic E-state index is 12.7. The Kier molecular flexibility index (Phi) is 4.08. The highest BCUT2D eigenvalue weighted by molar-refractivity contribution is 6.00. The van der Waals surface area contributed by atoms with E-state index in [1.165, 1.54) is 0 Å². The zero-order valence-electron chi connectivity index (χ0n) is 11.1. The average molecular weight is 288 g/mol. The van der Waals surface area contributed by atoms with Gasteiger partial charge in [0.05, 0.1) is 16.8 Å². The maximum absolute atomic E-state index is 12.7. The van der Waals surface area contributed by atoms with Crippen LogP contribution in [0.2, 0.25) is 0 Å². The summed E-state index contributed by atoms with van der Waals surface area (Å²) < 4.78 is 38.2. The molecule has 2 rings (SSSR count). The number of nitrogens with zero attached hydrogens (tertiary/aromatic N) is 2. The van der Waals surface area contributed by atoms with E-state index in [9.17, 15) is 13.2 Å². The van der Waals surface area contributed by atoms with Crippen LogP contribution in [0.15, 0.2) is 53.5 Å². The third-order valence-electron chi connectivity index (χ3n) is 2.93. The van der Waals surface area contributed by atoms with Gasteiger partial charge in [0, 0.05) is 5.71 Å². The molecule has 0 bridgehead atoms. The van der Waals surface area contributed by atoms with Gasteiger partial charge in [-0.3, -0.25) is 4.99 Å². The minimum Gasteiger partial charge on any atom is -0.252 e. The molecule has 0 saturated heterocycles. The number of benzene rings is 2. The van der Waals surface area contributed by atoms with Crippen LogP contribution in [0.1, 0.15) is 23.6 Å². The second kappa shape index (κ2) is 5.80.